The molecule has 0 aromatic heterocycles. The molecule has 0 heterocycles. The van der Waals surface area contributed by atoms with Crippen molar-refractivity contribution in [1.29, 1.82) is 0 Å². The normalized spacial score (nSPS) is 10.1. The highest BCUT2D eigenvalue weighted by molar-refractivity contribution is 6.06. The van der Waals surface area contributed by atoms with E-state index in [-0.39, 0.29) is 34.1 Å². The topological polar surface area (TPSA) is 101 Å². The van der Waals surface area contributed by atoms with Gasteiger partial charge in [0.05, 0.1) is 21.7 Å². The zero-order valence-corrected chi connectivity index (χ0v) is 12.9. The standard InChI is InChI=1S/C16H14FN3O4/c1-9-14(4-3-5-15(9)20(23)24)19-16(22)12-8-11(18-10(2)21)6-7-13(12)17/h3-8H,1-2H3,(H,18,21)(H,19,22). The summed E-state index contributed by atoms with van der Waals surface area (Å²) in [6, 6.07) is 7.79. The van der Waals surface area contributed by atoms with E-state index in [0.717, 1.165) is 6.07 Å². The van der Waals surface area contributed by atoms with Crippen LogP contribution in [0.3, 0.4) is 0 Å². The molecule has 0 saturated heterocycles. The van der Waals surface area contributed by atoms with Gasteiger partial charge in [0.1, 0.15) is 5.82 Å². The number of hydrogen-bond acceptors (Lipinski definition) is 4. The number of rotatable bonds is 4. The molecule has 124 valence electrons. The fourth-order valence-electron chi connectivity index (χ4n) is 2.13. The maximum absolute atomic E-state index is 13.9. The van der Waals surface area contributed by atoms with Crippen molar-refractivity contribution in [3.63, 3.8) is 0 Å². The van der Waals surface area contributed by atoms with E-state index in [4.69, 9.17) is 0 Å². The van der Waals surface area contributed by atoms with Gasteiger partial charge in [-0.15, -0.1) is 0 Å². The Bertz CT molecular complexity index is 836. The number of nitrogens with one attached hydrogen (secondary N) is 2. The first-order valence-electron chi connectivity index (χ1n) is 6.92. The van der Waals surface area contributed by atoms with Crippen LogP contribution >= 0.6 is 0 Å². The van der Waals surface area contributed by atoms with Crippen molar-refractivity contribution in [3.05, 3.63) is 63.5 Å². The summed E-state index contributed by atoms with van der Waals surface area (Å²) in [5, 5.41) is 15.8. The van der Waals surface area contributed by atoms with E-state index in [1.807, 2.05) is 0 Å². The largest absolute Gasteiger partial charge is 0.326 e. The number of carbonyl (C=O) groups excluding carboxylic acids is 2. The summed E-state index contributed by atoms with van der Waals surface area (Å²) in [6.45, 7) is 2.77. The highest BCUT2D eigenvalue weighted by atomic mass is 19.1. The molecule has 2 N–H and O–H groups in total. The number of benzene rings is 2. The maximum atomic E-state index is 13.9. The maximum Gasteiger partial charge on any atom is 0.274 e. The highest BCUT2D eigenvalue weighted by Crippen LogP contribution is 2.26. The fourth-order valence-corrected chi connectivity index (χ4v) is 2.13. The van der Waals surface area contributed by atoms with Crippen LogP contribution in [0.15, 0.2) is 36.4 Å². The van der Waals surface area contributed by atoms with E-state index >= 15 is 0 Å². The van der Waals surface area contributed by atoms with Gasteiger partial charge in [-0.1, -0.05) is 6.07 Å². The van der Waals surface area contributed by atoms with Gasteiger partial charge in [0.15, 0.2) is 0 Å². The van der Waals surface area contributed by atoms with Crippen LogP contribution in [-0.2, 0) is 4.79 Å². The molecule has 2 aromatic carbocycles. The lowest BCUT2D eigenvalue weighted by Gasteiger charge is -2.10. The van der Waals surface area contributed by atoms with E-state index < -0.39 is 16.6 Å². The van der Waals surface area contributed by atoms with Crippen LogP contribution in [0, 0.1) is 22.9 Å². The lowest BCUT2D eigenvalue weighted by molar-refractivity contribution is -0.385. The van der Waals surface area contributed by atoms with Gasteiger partial charge >= 0.3 is 0 Å². The quantitative estimate of drug-likeness (QED) is 0.663. The third kappa shape index (κ3) is 3.72. The van der Waals surface area contributed by atoms with Crippen molar-refractivity contribution in [3.8, 4) is 0 Å². The SMILES string of the molecule is CC(=O)Nc1ccc(F)c(C(=O)Nc2cccc([N+](=O)[O-])c2C)c1. The Morgan fingerprint density at radius 1 is 1.17 bits per heavy atom. The number of hydrogen-bond donors (Lipinski definition) is 2. The zero-order valence-electron chi connectivity index (χ0n) is 12.9. The number of halogens is 1. The molecule has 0 aliphatic carbocycles. The third-order valence-corrected chi connectivity index (χ3v) is 3.28. The lowest BCUT2D eigenvalue weighted by atomic mass is 10.1. The van der Waals surface area contributed by atoms with Gasteiger partial charge in [0, 0.05) is 18.7 Å². The summed E-state index contributed by atoms with van der Waals surface area (Å²) in [6.07, 6.45) is 0. The van der Waals surface area contributed by atoms with E-state index in [2.05, 4.69) is 10.6 Å². The first-order chi connectivity index (χ1) is 11.3. The molecule has 2 amide bonds. The Balaban J connectivity index is 2.32. The van der Waals surface area contributed by atoms with E-state index in [1.165, 1.54) is 44.2 Å². The molecule has 0 spiro atoms. The van der Waals surface area contributed by atoms with E-state index in [0.29, 0.717) is 0 Å². The highest BCUT2D eigenvalue weighted by Gasteiger charge is 2.18. The van der Waals surface area contributed by atoms with Crippen molar-refractivity contribution in [2.75, 3.05) is 10.6 Å². The van der Waals surface area contributed by atoms with Gasteiger partial charge in [0.2, 0.25) is 5.91 Å². The molecular formula is C16H14FN3O4. The number of amides is 2. The smallest absolute Gasteiger partial charge is 0.274 e. The molecule has 0 fully saturated rings. The Kier molecular flexibility index (Phi) is 4.88. The predicted octanol–water partition coefficient (Wildman–Crippen LogP) is 3.25. The summed E-state index contributed by atoms with van der Waals surface area (Å²) < 4.78 is 13.9. The second kappa shape index (κ2) is 6.86. The van der Waals surface area contributed by atoms with Crippen molar-refractivity contribution in [2.24, 2.45) is 0 Å². The molecule has 0 radical (unpaired) electrons. The van der Waals surface area contributed by atoms with Crippen molar-refractivity contribution >= 4 is 28.9 Å². The van der Waals surface area contributed by atoms with Crippen LogP contribution in [0.4, 0.5) is 21.5 Å². The average Bonchev–Trinajstić information content (AvgIpc) is 2.50. The van der Waals surface area contributed by atoms with Crippen LogP contribution in [0.25, 0.3) is 0 Å². The molecule has 0 atom stereocenters. The Hall–Kier alpha value is -3.29. The molecule has 0 aliphatic heterocycles. The summed E-state index contributed by atoms with van der Waals surface area (Å²) in [5.41, 5.74) is 0.296. The van der Waals surface area contributed by atoms with Crippen LogP contribution < -0.4 is 10.6 Å². The van der Waals surface area contributed by atoms with Crippen LogP contribution in [0.1, 0.15) is 22.8 Å². The van der Waals surface area contributed by atoms with Gasteiger partial charge in [-0.2, -0.15) is 0 Å². The molecular weight excluding hydrogens is 317 g/mol. The summed E-state index contributed by atoms with van der Waals surface area (Å²) in [7, 11) is 0. The van der Waals surface area contributed by atoms with Gasteiger partial charge in [-0.3, -0.25) is 19.7 Å². The minimum absolute atomic E-state index is 0.153. The Labute approximate surface area is 136 Å². The second-order valence-corrected chi connectivity index (χ2v) is 5.04. The van der Waals surface area contributed by atoms with Crippen molar-refractivity contribution in [1.82, 2.24) is 0 Å². The third-order valence-electron chi connectivity index (χ3n) is 3.28. The van der Waals surface area contributed by atoms with E-state index in [9.17, 15) is 24.1 Å². The predicted molar refractivity (Wildman–Crippen MR) is 86.5 cm³/mol. The lowest BCUT2D eigenvalue weighted by Crippen LogP contribution is -2.16. The molecule has 2 rings (SSSR count). The summed E-state index contributed by atoms with van der Waals surface area (Å²) in [5.74, 6) is -1.91. The van der Waals surface area contributed by atoms with E-state index in [1.54, 1.807) is 0 Å². The van der Waals surface area contributed by atoms with Crippen LogP contribution in [-0.4, -0.2) is 16.7 Å². The number of anilines is 2. The second-order valence-electron chi connectivity index (χ2n) is 5.04. The molecule has 24 heavy (non-hydrogen) atoms. The zero-order chi connectivity index (χ0) is 17.9. The van der Waals surface area contributed by atoms with Gasteiger partial charge < -0.3 is 10.6 Å². The minimum atomic E-state index is -0.775. The summed E-state index contributed by atoms with van der Waals surface area (Å²) >= 11 is 0. The van der Waals surface area contributed by atoms with Gasteiger partial charge in [0.25, 0.3) is 11.6 Å². The number of carbonyl (C=O) groups is 2. The molecule has 8 heteroatoms. The molecule has 0 saturated carbocycles. The van der Waals surface area contributed by atoms with Crippen molar-refractivity contribution < 1.29 is 18.9 Å². The van der Waals surface area contributed by atoms with Crippen LogP contribution in [0.2, 0.25) is 0 Å². The molecule has 0 unspecified atom stereocenters. The first kappa shape index (κ1) is 17.1. The average molecular weight is 331 g/mol. The van der Waals surface area contributed by atoms with Crippen LogP contribution in [0.5, 0.6) is 0 Å². The monoisotopic (exact) mass is 331 g/mol. The van der Waals surface area contributed by atoms with Gasteiger partial charge in [-0.05, 0) is 31.2 Å². The molecule has 0 aliphatic rings. The summed E-state index contributed by atoms with van der Waals surface area (Å²) in [4.78, 5) is 33.7. The molecule has 7 nitrogen and oxygen atoms in total. The fraction of sp³-hybridized carbons (Fsp3) is 0.125. The molecule has 0 bridgehead atoms. The number of nitro groups is 1. The van der Waals surface area contributed by atoms with Crippen molar-refractivity contribution in [2.45, 2.75) is 13.8 Å². The Morgan fingerprint density at radius 2 is 1.88 bits per heavy atom. The minimum Gasteiger partial charge on any atom is -0.326 e. The molecule has 2 aromatic rings. The Morgan fingerprint density at radius 3 is 2.50 bits per heavy atom. The van der Waals surface area contributed by atoms with Gasteiger partial charge in [-0.25, -0.2) is 4.39 Å². The first-order valence-corrected chi connectivity index (χ1v) is 6.92. The number of nitrogens with zero attached hydrogens (tertiary/aromatic N) is 1. The number of nitro benzene ring substituents is 1.